The minimum absolute atomic E-state index is 0.160. The van der Waals surface area contributed by atoms with Gasteiger partial charge in [-0.2, -0.15) is 0 Å². The zero-order valence-electron chi connectivity index (χ0n) is 10.5. The molecule has 0 radical (unpaired) electrons. The molecule has 2 rings (SSSR count). The number of piperidine rings is 1. The van der Waals surface area contributed by atoms with E-state index in [9.17, 15) is 9.18 Å². The number of likely N-dealkylation sites (tertiary alicyclic amines) is 1. The van der Waals surface area contributed by atoms with Gasteiger partial charge in [-0.25, -0.2) is 4.39 Å². The van der Waals surface area contributed by atoms with Crippen LogP contribution in [0.1, 0.15) is 36.5 Å². The number of carbonyl (C=O) groups is 1. The van der Waals surface area contributed by atoms with Crippen molar-refractivity contribution in [2.75, 3.05) is 13.1 Å². The number of nitrogens with zero attached hydrogens (tertiary/aromatic N) is 1. The number of hydrogen-bond donors (Lipinski definition) is 0. The first kappa shape index (κ1) is 13.5. The largest absolute Gasteiger partial charge is 0.339 e. The van der Waals surface area contributed by atoms with Crippen LogP contribution >= 0.6 is 15.9 Å². The molecule has 1 aromatic rings. The Bertz CT molecular complexity index is 421. The van der Waals surface area contributed by atoms with Gasteiger partial charge in [-0.05, 0) is 46.8 Å². The molecule has 4 heteroatoms. The highest BCUT2D eigenvalue weighted by molar-refractivity contribution is 9.10. The standard InChI is InChI=1S/C14H17BrFNO/c1-2-10-6-8-17(9-7-10)14(18)13-11(15)4-3-5-12(13)16/h3-5,10H,2,6-9H2,1H3. The highest BCUT2D eigenvalue weighted by Crippen LogP contribution is 2.25. The summed E-state index contributed by atoms with van der Waals surface area (Å²) in [7, 11) is 0. The van der Waals surface area contributed by atoms with Crippen molar-refractivity contribution in [1.82, 2.24) is 4.90 Å². The van der Waals surface area contributed by atoms with Crippen LogP contribution in [-0.4, -0.2) is 23.9 Å². The number of rotatable bonds is 2. The molecule has 0 spiro atoms. The van der Waals surface area contributed by atoms with Gasteiger partial charge in [0.1, 0.15) is 5.82 Å². The molecule has 1 aliphatic heterocycles. The summed E-state index contributed by atoms with van der Waals surface area (Å²) in [5.41, 5.74) is 0.160. The second-order valence-electron chi connectivity index (χ2n) is 4.74. The smallest absolute Gasteiger partial charge is 0.257 e. The molecule has 0 aliphatic carbocycles. The van der Waals surface area contributed by atoms with Crippen molar-refractivity contribution < 1.29 is 9.18 Å². The van der Waals surface area contributed by atoms with E-state index >= 15 is 0 Å². The molecule has 2 nitrogen and oxygen atoms in total. The molecule has 18 heavy (non-hydrogen) atoms. The van der Waals surface area contributed by atoms with Crippen molar-refractivity contribution in [1.29, 1.82) is 0 Å². The summed E-state index contributed by atoms with van der Waals surface area (Å²) in [4.78, 5) is 14.1. The van der Waals surface area contributed by atoms with Crippen LogP contribution in [0.15, 0.2) is 22.7 Å². The molecule has 1 amide bonds. The lowest BCUT2D eigenvalue weighted by Gasteiger charge is -2.31. The van der Waals surface area contributed by atoms with E-state index in [0.29, 0.717) is 10.4 Å². The molecule has 98 valence electrons. The van der Waals surface area contributed by atoms with E-state index in [-0.39, 0.29) is 11.5 Å². The summed E-state index contributed by atoms with van der Waals surface area (Å²) in [5.74, 6) is 0.0552. The third-order valence-corrected chi connectivity index (χ3v) is 4.32. The molecule has 1 saturated heterocycles. The first-order chi connectivity index (χ1) is 8.63. The van der Waals surface area contributed by atoms with Gasteiger partial charge in [-0.15, -0.1) is 0 Å². The topological polar surface area (TPSA) is 20.3 Å². The van der Waals surface area contributed by atoms with Crippen LogP contribution in [0.3, 0.4) is 0 Å². The van der Waals surface area contributed by atoms with E-state index in [1.807, 2.05) is 0 Å². The van der Waals surface area contributed by atoms with Gasteiger partial charge < -0.3 is 4.90 Å². The molecule has 0 atom stereocenters. The quantitative estimate of drug-likeness (QED) is 0.812. The third kappa shape index (κ3) is 2.74. The van der Waals surface area contributed by atoms with Gasteiger partial charge >= 0.3 is 0 Å². The number of carbonyl (C=O) groups excluding carboxylic acids is 1. The summed E-state index contributed by atoms with van der Waals surface area (Å²) < 4.78 is 14.3. The summed E-state index contributed by atoms with van der Waals surface area (Å²) >= 11 is 3.25. The molecular weight excluding hydrogens is 297 g/mol. The molecule has 0 N–H and O–H groups in total. The third-order valence-electron chi connectivity index (χ3n) is 3.66. The van der Waals surface area contributed by atoms with Crippen molar-refractivity contribution in [3.05, 3.63) is 34.1 Å². The van der Waals surface area contributed by atoms with E-state index in [1.165, 1.54) is 6.07 Å². The molecule has 1 heterocycles. The lowest BCUT2D eigenvalue weighted by Crippen LogP contribution is -2.38. The Kier molecular flexibility index (Phi) is 4.38. The zero-order chi connectivity index (χ0) is 13.1. The van der Waals surface area contributed by atoms with Crippen LogP contribution in [0.2, 0.25) is 0 Å². The van der Waals surface area contributed by atoms with Crippen LogP contribution in [0.4, 0.5) is 4.39 Å². The van der Waals surface area contributed by atoms with Gasteiger partial charge in [0.05, 0.1) is 5.56 Å². The highest BCUT2D eigenvalue weighted by atomic mass is 79.9. The van der Waals surface area contributed by atoms with Crippen molar-refractivity contribution >= 4 is 21.8 Å². The Morgan fingerprint density at radius 3 is 2.67 bits per heavy atom. The number of amides is 1. The fraction of sp³-hybridized carbons (Fsp3) is 0.500. The molecule has 1 aromatic carbocycles. The minimum Gasteiger partial charge on any atom is -0.339 e. The van der Waals surface area contributed by atoms with Crippen molar-refractivity contribution in [3.63, 3.8) is 0 Å². The van der Waals surface area contributed by atoms with Crippen LogP contribution in [0, 0.1) is 11.7 Å². The van der Waals surface area contributed by atoms with Gasteiger partial charge in [0, 0.05) is 17.6 Å². The lowest BCUT2D eigenvalue weighted by molar-refractivity contribution is 0.0683. The second kappa shape index (κ2) is 5.83. The van der Waals surface area contributed by atoms with Gasteiger partial charge in [0.15, 0.2) is 0 Å². The predicted molar refractivity (Wildman–Crippen MR) is 73.0 cm³/mol. The maximum absolute atomic E-state index is 13.7. The first-order valence-electron chi connectivity index (χ1n) is 6.36. The Balaban J connectivity index is 2.13. The van der Waals surface area contributed by atoms with Gasteiger partial charge in [-0.3, -0.25) is 4.79 Å². The van der Waals surface area contributed by atoms with Crippen LogP contribution in [0.25, 0.3) is 0 Å². The highest BCUT2D eigenvalue weighted by Gasteiger charge is 2.25. The van der Waals surface area contributed by atoms with E-state index in [2.05, 4.69) is 22.9 Å². The molecule has 0 bridgehead atoms. The number of benzene rings is 1. The fourth-order valence-corrected chi connectivity index (χ4v) is 2.92. The molecule has 0 aromatic heterocycles. The molecule has 1 fully saturated rings. The average molecular weight is 314 g/mol. The number of hydrogen-bond acceptors (Lipinski definition) is 1. The van der Waals surface area contributed by atoms with E-state index in [1.54, 1.807) is 17.0 Å². The van der Waals surface area contributed by atoms with Gasteiger partial charge in [0.2, 0.25) is 0 Å². The maximum atomic E-state index is 13.7. The van der Waals surface area contributed by atoms with Crippen LogP contribution in [-0.2, 0) is 0 Å². The van der Waals surface area contributed by atoms with E-state index in [4.69, 9.17) is 0 Å². The normalized spacial score (nSPS) is 16.9. The lowest BCUT2D eigenvalue weighted by atomic mass is 9.94. The van der Waals surface area contributed by atoms with Gasteiger partial charge in [-0.1, -0.05) is 19.4 Å². The van der Waals surface area contributed by atoms with Gasteiger partial charge in [0.25, 0.3) is 5.91 Å². The Morgan fingerprint density at radius 2 is 2.11 bits per heavy atom. The first-order valence-corrected chi connectivity index (χ1v) is 7.16. The monoisotopic (exact) mass is 313 g/mol. The summed E-state index contributed by atoms with van der Waals surface area (Å²) in [5, 5.41) is 0. The van der Waals surface area contributed by atoms with Crippen LogP contribution < -0.4 is 0 Å². The van der Waals surface area contributed by atoms with Crippen molar-refractivity contribution in [3.8, 4) is 0 Å². The predicted octanol–water partition coefficient (Wildman–Crippen LogP) is 3.85. The Morgan fingerprint density at radius 1 is 1.44 bits per heavy atom. The van der Waals surface area contributed by atoms with E-state index in [0.717, 1.165) is 32.4 Å². The SMILES string of the molecule is CCC1CCN(C(=O)c2c(F)cccc2Br)CC1. The fourth-order valence-electron chi connectivity index (χ4n) is 2.40. The Labute approximate surface area is 115 Å². The molecular formula is C14H17BrFNO. The average Bonchev–Trinajstić information content (AvgIpc) is 2.38. The number of halogens is 2. The molecule has 0 saturated carbocycles. The minimum atomic E-state index is -0.452. The van der Waals surface area contributed by atoms with E-state index < -0.39 is 5.82 Å². The maximum Gasteiger partial charge on any atom is 0.257 e. The van der Waals surface area contributed by atoms with Crippen molar-refractivity contribution in [2.24, 2.45) is 5.92 Å². The zero-order valence-corrected chi connectivity index (χ0v) is 12.0. The molecule has 1 aliphatic rings. The Hall–Kier alpha value is -0.900. The molecule has 0 unspecified atom stereocenters. The van der Waals surface area contributed by atoms with Crippen molar-refractivity contribution in [2.45, 2.75) is 26.2 Å². The summed E-state index contributed by atoms with van der Waals surface area (Å²) in [6, 6.07) is 4.63. The summed E-state index contributed by atoms with van der Waals surface area (Å²) in [6.07, 6.45) is 3.20. The summed E-state index contributed by atoms with van der Waals surface area (Å²) in [6.45, 7) is 3.64. The van der Waals surface area contributed by atoms with Crippen LogP contribution in [0.5, 0.6) is 0 Å². The second-order valence-corrected chi connectivity index (χ2v) is 5.59.